The van der Waals surface area contributed by atoms with Crippen molar-refractivity contribution in [1.82, 2.24) is 0 Å². The summed E-state index contributed by atoms with van der Waals surface area (Å²) in [6, 6.07) is 0. The maximum atomic E-state index is 14.2. The van der Waals surface area contributed by atoms with Gasteiger partial charge in [0.05, 0.1) is 0 Å². The van der Waals surface area contributed by atoms with Crippen LogP contribution < -0.4 is 0 Å². The van der Waals surface area contributed by atoms with E-state index in [2.05, 4.69) is 14.2 Å². The van der Waals surface area contributed by atoms with Crippen molar-refractivity contribution < 1.29 is 59.2 Å². The minimum absolute atomic E-state index is 0.344. The van der Waals surface area contributed by atoms with E-state index < -0.39 is 60.9 Å². The van der Waals surface area contributed by atoms with E-state index in [1.807, 2.05) is 0 Å². The van der Waals surface area contributed by atoms with Gasteiger partial charge in [-0.15, -0.1) is 0 Å². The van der Waals surface area contributed by atoms with E-state index in [-0.39, 0.29) is 0 Å². The quantitative estimate of drug-likeness (QED) is 0.576. The molecule has 1 N–H and O–H groups in total. The lowest BCUT2D eigenvalue weighted by Gasteiger charge is -2.48. The fraction of sp³-hybridized carbons (Fsp3) is 0.923. The summed E-state index contributed by atoms with van der Waals surface area (Å²) in [4.78, 5) is 11.7. The lowest BCUT2D eigenvalue weighted by Crippen LogP contribution is -2.74. The first-order valence-corrected chi connectivity index (χ1v) is 7.08. The van der Waals surface area contributed by atoms with Crippen LogP contribution in [-0.2, 0) is 19.0 Å². The van der Waals surface area contributed by atoms with Crippen LogP contribution in [0.15, 0.2) is 0 Å². The summed E-state index contributed by atoms with van der Waals surface area (Å²) < 4.78 is 118. The Balaban J connectivity index is 3.10. The Hall–Kier alpha value is -1.21. The average Bonchev–Trinajstić information content (AvgIpc) is 2.47. The Kier molecular flexibility index (Phi) is 5.66. The number of carbonyl (C=O) groups is 1. The molecule has 1 aliphatic heterocycles. The van der Waals surface area contributed by atoms with E-state index in [4.69, 9.17) is 0 Å². The zero-order chi connectivity index (χ0) is 20.8. The smallest absolute Gasteiger partial charge is 0.449 e. The standard InChI is InChI=1S/C13H16F8O5/c1-4-8(2,12(16,17)18)7(22)24-5-9(3)10(14,15)11(23,13(19,20)21)26-6-25-9/h23H,4-6H2,1-3H3. The third kappa shape index (κ3) is 3.24. The first-order chi connectivity index (χ1) is 11.4. The third-order valence-corrected chi connectivity index (χ3v) is 4.38. The van der Waals surface area contributed by atoms with Crippen LogP contribution in [0.3, 0.4) is 0 Å². The molecule has 0 amide bonds. The van der Waals surface area contributed by atoms with Gasteiger partial charge in [-0.05, 0) is 20.3 Å². The molecule has 26 heavy (non-hydrogen) atoms. The lowest BCUT2D eigenvalue weighted by atomic mass is 9.86. The molecule has 0 radical (unpaired) electrons. The van der Waals surface area contributed by atoms with Crippen molar-refractivity contribution in [2.24, 2.45) is 5.41 Å². The van der Waals surface area contributed by atoms with E-state index >= 15 is 0 Å². The highest BCUT2D eigenvalue weighted by Gasteiger charge is 2.79. The second kappa shape index (κ2) is 6.44. The molecule has 0 aromatic heterocycles. The molecule has 0 aliphatic carbocycles. The van der Waals surface area contributed by atoms with Crippen molar-refractivity contribution in [2.45, 2.75) is 56.9 Å². The number of ether oxygens (including phenoxy) is 3. The summed E-state index contributed by atoms with van der Waals surface area (Å²) in [5.41, 5.74) is -6.37. The third-order valence-electron chi connectivity index (χ3n) is 4.38. The highest BCUT2D eigenvalue weighted by Crippen LogP contribution is 2.52. The molecular weight excluding hydrogens is 388 g/mol. The minimum atomic E-state index is -5.96. The van der Waals surface area contributed by atoms with Crippen LogP contribution in [0.5, 0.6) is 0 Å². The van der Waals surface area contributed by atoms with Gasteiger partial charge in [-0.1, -0.05) is 6.92 Å². The predicted molar refractivity (Wildman–Crippen MR) is 66.8 cm³/mol. The molecule has 1 saturated heterocycles. The van der Waals surface area contributed by atoms with Gasteiger partial charge in [-0.3, -0.25) is 4.79 Å². The topological polar surface area (TPSA) is 65.0 Å². The van der Waals surface area contributed by atoms with Gasteiger partial charge in [0.25, 0.3) is 0 Å². The van der Waals surface area contributed by atoms with Gasteiger partial charge in [0.2, 0.25) is 0 Å². The summed E-state index contributed by atoms with van der Waals surface area (Å²) in [6.45, 7) is -1.38. The SMILES string of the molecule is CCC(C)(C(=O)OCC1(C)OCOC(O)(C(F)(F)F)C1(F)F)C(F)(F)F. The highest BCUT2D eigenvalue weighted by atomic mass is 19.4. The van der Waals surface area contributed by atoms with E-state index in [0.717, 1.165) is 6.92 Å². The minimum Gasteiger partial charge on any atom is -0.462 e. The second-order valence-electron chi connectivity index (χ2n) is 6.11. The summed E-state index contributed by atoms with van der Waals surface area (Å²) in [5.74, 6) is -12.2. The molecule has 1 heterocycles. The highest BCUT2D eigenvalue weighted by molar-refractivity contribution is 5.77. The molecule has 0 spiro atoms. The molecule has 154 valence electrons. The van der Waals surface area contributed by atoms with Crippen molar-refractivity contribution >= 4 is 5.97 Å². The molecule has 13 heteroatoms. The Bertz CT molecular complexity index is 548. The summed E-state index contributed by atoms with van der Waals surface area (Å²) in [5, 5.41) is 9.27. The summed E-state index contributed by atoms with van der Waals surface area (Å²) in [6.07, 6.45) is -11.9. The van der Waals surface area contributed by atoms with Gasteiger partial charge in [-0.2, -0.15) is 35.1 Å². The Morgan fingerprint density at radius 1 is 1.15 bits per heavy atom. The first kappa shape index (κ1) is 22.8. The van der Waals surface area contributed by atoms with Crippen LogP contribution in [0.25, 0.3) is 0 Å². The number of rotatable bonds is 4. The molecule has 5 nitrogen and oxygen atoms in total. The normalized spacial score (nSPS) is 32.0. The van der Waals surface area contributed by atoms with Gasteiger partial charge in [0.15, 0.2) is 17.8 Å². The number of hydrogen-bond donors (Lipinski definition) is 1. The van der Waals surface area contributed by atoms with Crippen LogP contribution in [0.2, 0.25) is 0 Å². The fourth-order valence-electron chi connectivity index (χ4n) is 2.00. The first-order valence-electron chi connectivity index (χ1n) is 7.08. The Morgan fingerprint density at radius 3 is 2.04 bits per heavy atom. The molecule has 3 unspecified atom stereocenters. The van der Waals surface area contributed by atoms with Gasteiger partial charge < -0.3 is 19.3 Å². The van der Waals surface area contributed by atoms with Crippen LogP contribution in [0.1, 0.15) is 27.2 Å². The molecule has 3 atom stereocenters. The summed E-state index contributed by atoms with van der Waals surface area (Å²) in [7, 11) is 0. The molecule has 0 aromatic rings. The van der Waals surface area contributed by atoms with Gasteiger partial charge in [0.1, 0.15) is 6.61 Å². The zero-order valence-corrected chi connectivity index (χ0v) is 13.7. The predicted octanol–water partition coefficient (Wildman–Crippen LogP) is 3.16. The zero-order valence-electron chi connectivity index (χ0n) is 13.7. The van der Waals surface area contributed by atoms with Crippen molar-refractivity contribution in [2.75, 3.05) is 13.4 Å². The van der Waals surface area contributed by atoms with Gasteiger partial charge in [-0.25, -0.2) is 0 Å². The van der Waals surface area contributed by atoms with Crippen molar-refractivity contribution in [3.05, 3.63) is 0 Å². The number of esters is 1. The Morgan fingerprint density at radius 2 is 1.65 bits per heavy atom. The van der Waals surface area contributed by atoms with E-state index in [1.165, 1.54) is 0 Å². The monoisotopic (exact) mass is 404 g/mol. The molecule has 0 bridgehead atoms. The fourth-order valence-corrected chi connectivity index (χ4v) is 2.00. The second-order valence-corrected chi connectivity index (χ2v) is 6.11. The van der Waals surface area contributed by atoms with Crippen LogP contribution in [-0.4, -0.2) is 54.1 Å². The largest absolute Gasteiger partial charge is 0.462 e. The lowest BCUT2D eigenvalue weighted by molar-refractivity contribution is -0.501. The van der Waals surface area contributed by atoms with E-state index in [9.17, 15) is 45.0 Å². The Labute approximate surface area is 142 Å². The van der Waals surface area contributed by atoms with Crippen molar-refractivity contribution in [3.8, 4) is 0 Å². The molecule has 1 aliphatic rings. The maximum absolute atomic E-state index is 14.2. The molecule has 1 rings (SSSR count). The number of halogens is 8. The number of aliphatic hydroxyl groups is 1. The molecule has 0 saturated carbocycles. The molecule has 1 fully saturated rings. The molecular formula is C13H16F8O5. The van der Waals surface area contributed by atoms with Crippen LogP contribution in [0.4, 0.5) is 35.1 Å². The number of alkyl halides is 8. The van der Waals surface area contributed by atoms with Gasteiger partial charge in [0, 0.05) is 0 Å². The van der Waals surface area contributed by atoms with E-state index in [1.54, 1.807) is 0 Å². The van der Waals surface area contributed by atoms with Crippen molar-refractivity contribution in [3.63, 3.8) is 0 Å². The van der Waals surface area contributed by atoms with Crippen molar-refractivity contribution in [1.29, 1.82) is 0 Å². The van der Waals surface area contributed by atoms with Crippen LogP contribution in [0, 0.1) is 5.41 Å². The maximum Gasteiger partial charge on any atom is 0.449 e. The van der Waals surface area contributed by atoms with E-state index in [0.29, 0.717) is 13.8 Å². The van der Waals surface area contributed by atoms with Gasteiger partial charge >= 0.3 is 30.0 Å². The average molecular weight is 404 g/mol. The molecule has 0 aromatic carbocycles. The number of hydrogen-bond acceptors (Lipinski definition) is 5. The number of carbonyl (C=O) groups excluding carboxylic acids is 1. The summed E-state index contributed by atoms with van der Waals surface area (Å²) >= 11 is 0. The van der Waals surface area contributed by atoms with Crippen LogP contribution >= 0.6 is 0 Å².